The van der Waals surface area contributed by atoms with Gasteiger partial charge in [0, 0.05) is 26.2 Å². The first-order chi connectivity index (χ1) is 10.3. The highest BCUT2D eigenvalue weighted by molar-refractivity contribution is 5.36. The fourth-order valence-corrected chi connectivity index (χ4v) is 2.81. The Morgan fingerprint density at radius 3 is 2.38 bits per heavy atom. The number of likely N-dealkylation sites (N-methyl/N-ethyl adjacent to an activating group) is 1. The molecule has 1 aromatic rings. The van der Waals surface area contributed by atoms with Crippen molar-refractivity contribution in [3.8, 4) is 0 Å². The van der Waals surface area contributed by atoms with Crippen molar-refractivity contribution in [2.75, 3.05) is 33.2 Å². The van der Waals surface area contributed by atoms with Gasteiger partial charge < -0.3 is 4.90 Å². The first-order valence-electron chi connectivity index (χ1n) is 7.69. The summed E-state index contributed by atoms with van der Waals surface area (Å²) >= 11 is 0. The molecule has 1 heterocycles. The second-order valence-corrected chi connectivity index (χ2v) is 5.55. The van der Waals surface area contributed by atoms with Gasteiger partial charge in [0.2, 0.25) is 0 Å². The fraction of sp³-hybridized carbons (Fsp3) is 0.368. The van der Waals surface area contributed by atoms with Crippen LogP contribution in [0.2, 0.25) is 0 Å². The molecule has 0 aliphatic carbocycles. The van der Waals surface area contributed by atoms with Gasteiger partial charge in [-0.25, -0.2) is 0 Å². The van der Waals surface area contributed by atoms with Crippen molar-refractivity contribution in [2.24, 2.45) is 0 Å². The largest absolute Gasteiger partial charge is 0.304 e. The summed E-state index contributed by atoms with van der Waals surface area (Å²) in [6, 6.07) is 11.1. The van der Waals surface area contributed by atoms with E-state index in [4.69, 9.17) is 0 Å². The van der Waals surface area contributed by atoms with Gasteiger partial charge in [0.1, 0.15) is 0 Å². The fourth-order valence-electron chi connectivity index (χ4n) is 2.81. The molecule has 112 valence electrons. The van der Waals surface area contributed by atoms with Gasteiger partial charge in [-0.05, 0) is 25.1 Å². The minimum Gasteiger partial charge on any atom is -0.304 e. The Balaban J connectivity index is 2.32. The van der Waals surface area contributed by atoms with E-state index in [9.17, 15) is 0 Å². The zero-order valence-electron chi connectivity index (χ0n) is 13.2. The zero-order chi connectivity index (χ0) is 15.1. The van der Waals surface area contributed by atoms with Gasteiger partial charge in [-0.2, -0.15) is 0 Å². The summed E-state index contributed by atoms with van der Waals surface area (Å²) in [4.78, 5) is 4.95. The van der Waals surface area contributed by atoms with Crippen LogP contribution in [0.3, 0.4) is 0 Å². The van der Waals surface area contributed by atoms with Crippen LogP contribution in [0, 0.1) is 0 Å². The lowest BCUT2D eigenvalue weighted by Gasteiger charge is -2.38. The van der Waals surface area contributed by atoms with E-state index in [-0.39, 0.29) is 0 Å². The van der Waals surface area contributed by atoms with E-state index in [0.717, 1.165) is 26.2 Å². The van der Waals surface area contributed by atoms with Gasteiger partial charge in [-0.1, -0.05) is 61.2 Å². The highest BCUT2D eigenvalue weighted by atomic mass is 15.3. The number of piperazine rings is 1. The molecule has 1 aromatic carbocycles. The molecule has 1 atom stereocenters. The van der Waals surface area contributed by atoms with E-state index in [1.54, 1.807) is 0 Å². The lowest BCUT2D eigenvalue weighted by atomic mass is 9.95. The summed E-state index contributed by atoms with van der Waals surface area (Å²) in [6.45, 7) is 10.5. The van der Waals surface area contributed by atoms with Gasteiger partial charge in [-0.15, -0.1) is 0 Å². The molecule has 2 rings (SSSR count). The lowest BCUT2D eigenvalue weighted by Crippen LogP contribution is -2.46. The average Bonchev–Trinajstić information content (AvgIpc) is 2.53. The van der Waals surface area contributed by atoms with Crippen LogP contribution in [0.5, 0.6) is 0 Å². The van der Waals surface area contributed by atoms with Crippen molar-refractivity contribution < 1.29 is 0 Å². The lowest BCUT2D eigenvalue weighted by molar-refractivity contribution is 0.127. The summed E-state index contributed by atoms with van der Waals surface area (Å²) in [5.74, 6) is 0. The smallest absolute Gasteiger partial charge is 0.0602 e. The number of hydrogen-bond donors (Lipinski definition) is 0. The summed E-state index contributed by atoms with van der Waals surface area (Å²) in [7, 11) is 2.19. The van der Waals surface area contributed by atoms with Crippen LogP contribution in [0.15, 0.2) is 66.8 Å². The van der Waals surface area contributed by atoms with Gasteiger partial charge in [-0.3, -0.25) is 4.90 Å². The highest BCUT2D eigenvalue weighted by Crippen LogP contribution is 2.30. The standard InChI is InChI=1S/C19H26N2/c1-4-6-10-17(5-2)19(18-11-8-7-9-12-18)21-15-13-20(3)14-16-21/h4-12,19H,2,13-16H2,1,3H3/b6-4-,17-10+. The molecule has 1 fully saturated rings. The molecule has 1 aliphatic heterocycles. The van der Waals surface area contributed by atoms with Crippen molar-refractivity contribution in [3.63, 3.8) is 0 Å². The SMILES string of the molecule is C=C/C(=C\C=C/C)C(c1ccccc1)N1CCN(C)CC1. The maximum atomic E-state index is 4.03. The Morgan fingerprint density at radius 1 is 1.14 bits per heavy atom. The van der Waals surface area contributed by atoms with Crippen LogP contribution >= 0.6 is 0 Å². The molecule has 0 aromatic heterocycles. The van der Waals surface area contributed by atoms with Crippen molar-refractivity contribution in [1.82, 2.24) is 9.80 Å². The average molecular weight is 282 g/mol. The van der Waals surface area contributed by atoms with Gasteiger partial charge in [0.05, 0.1) is 6.04 Å². The van der Waals surface area contributed by atoms with E-state index < -0.39 is 0 Å². The van der Waals surface area contributed by atoms with Crippen molar-refractivity contribution in [1.29, 1.82) is 0 Å². The Bertz CT molecular complexity index is 494. The van der Waals surface area contributed by atoms with Crippen molar-refractivity contribution >= 4 is 0 Å². The Morgan fingerprint density at radius 2 is 1.81 bits per heavy atom. The number of allylic oxidation sites excluding steroid dienone is 3. The normalized spacial score (nSPS) is 19.8. The van der Waals surface area contributed by atoms with Crippen LogP contribution in [-0.2, 0) is 0 Å². The minimum atomic E-state index is 0.300. The monoisotopic (exact) mass is 282 g/mol. The number of benzene rings is 1. The molecule has 1 aliphatic rings. The van der Waals surface area contributed by atoms with Crippen molar-refractivity contribution in [3.05, 3.63) is 72.4 Å². The topological polar surface area (TPSA) is 6.48 Å². The third-order valence-electron chi connectivity index (χ3n) is 4.05. The highest BCUT2D eigenvalue weighted by Gasteiger charge is 2.25. The second-order valence-electron chi connectivity index (χ2n) is 5.55. The Labute approximate surface area is 129 Å². The van der Waals surface area contributed by atoms with Gasteiger partial charge >= 0.3 is 0 Å². The van der Waals surface area contributed by atoms with Crippen molar-refractivity contribution in [2.45, 2.75) is 13.0 Å². The van der Waals surface area contributed by atoms with E-state index in [1.165, 1.54) is 11.1 Å². The third-order valence-corrected chi connectivity index (χ3v) is 4.05. The number of rotatable bonds is 5. The number of nitrogens with zero attached hydrogens (tertiary/aromatic N) is 2. The number of hydrogen-bond acceptors (Lipinski definition) is 2. The molecule has 0 N–H and O–H groups in total. The molecular formula is C19H26N2. The molecule has 0 spiro atoms. The summed E-state index contributed by atoms with van der Waals surface area (Å²) < 4.78 is 0. The van der Waals surface area contributed by atoms with E-state index in [0.29, 0.717) is 6.04 Å². The quantitative estimate of drug-likeness (QED) is 0.760. The Kier molecular flexibility index (Phi) is 5.97. The summed E-state index contributed by atoms with van der Waals surface area (Å²) in [5, 5.41) is 0. The molecule has 0 bridgehead atoms. The molecule has 2 nitrogen and oxygen atoms in total. The van der Waals surface area contributed by atoms with Crippen LogP contribution < -0.4 is 0 Å². The van der Waals surface area contributed by atoms with E-state index in [2.05, 4.69) is 72.0 Å². The predicted molar refractivity (Wildman–Crippen MR) is 91.3 cm³/mol. The zero-order valence-corrected chi connectivity index (χ0v) is 13.2. The van der Waals surface area contributed by atoms with Crippen LogP contribution in [-0.4, -0.2) is 43.0 Å². The van der Waals surface area contributed by atoms with Crippen LogP contribution in [0.4, 0.5) is 0 Å². The third kappa shape index (κ3) is 4.16. The molecule has 0 radical (unpaired) electrons. The van der Waals surface area contributed by atoms with E-state index in [1.807, 2.05) is 13.0 Å². The Hall–Kier alpha value is -1.64. The first-order valence-corrected chi connectivity index (χ1v) is 7.69. The predicted octanol–water partition coefficient (Wildman–Crippen LogP) is 3.66. The molecule has 1 unspecified atom stereocenters. The molecule has 2 heteroatoms. The van der Waals surface area contributed by atoms with Crippen LogP contribution in [0.25, 0.3) is 0 Å². The minimum absolute atomic E-state index is 0.300. The maximum absolute atomic E-state index is 4.03. The summed E-state index contributed by atoms with van der Waals surface area (Å²) in [6.07, 6.45) is 8.34. The van der Waals surface area contributed by atoms with E-state index >= 15 is 0 Å². The second kappa shape index (κ2) is 7.96. The molecule has 21 heavy (non-hydrogen) atoms. The molecule has 1 saturated heterocycles. The van der Waals surface area contributed by atoms with Gasteiger partial charge in [0.25, 0.3) is 0 Å². The first kappa shape index (κ1) is 15.7. The maximum Gasteiger partial charge on any atom is 0.0602 e. The molecule has 0 amide bonds. The molecular weight excluding hydrogens is 256 g/mol. The van der Waals surface area contributed by atoms with Gasteiger partial charge in [0.15, 0.2) is 0 Å². The molecule has 0 saturated carbocycles. The van der Waals surface area contributed by atoms with Crippen LogP contribution in [0.1, 0.15) is 18.5 Å². The summed E-state index contributed by atoms with van der Waals surface area (Å²) in [5.41, 5.74) is 2.61.